The van der Waals surface area contributed by atoms with Crippen molar-refractivity contribution in [3.05, 3.63) is 0 Å². The number of aliphatic hydroxyl groups is 1. The Balaban J connectivity index is 0.000000187. The highest BCUT2D eigenvalue weighted by Crippen LogP contribution is 2.33. The van der Waals surface area contributed by atoms with Crippen LogP contribution in [0.1, 0.15) is 32.6 Å². The van der Waals surface area contributed by atoms with E-state index in [-0.39, 0.29) is 6.10 Å². The average Bonchev–Trinajstić information content (AvgIpc) is 2.45. The molecule has 2 saturated heterocycles. The largest absolute Gasteiger partial charge is 0.479 e. The number of hydrogen-bond acceptors (Lipinski definition) is 4. The van der Waals surface area contributed by atoms with Crippen molar-refractivity contribution in [2.24, 2.45) is 0 Å². The number of nitrogens with zero attached hydrogens (tertiary/aromatic N) is 1. The van der Waals surface area contributed by atoms with Crippen LogP contribution in [-0.2, 0) is 4.74 Å². The van der Waals surface area contributed by atoms with Gasteiger partial charge in [0, 0.05) is 12.1 Å². The van der Waals surface area contributed by atoms with Gasteiger partial charge in [-0.3, -0.25) is 0 Å². The van der Waals surface area contributed by atoms with Crippen molar-refractivity contribution < 1.29 is 9.84 Å². The second kappa shape index (κ2) is 6.79. The minimum atomic E-state index is -0.00583. The summed E-state index contributed by atoms with van der Waals surface area (Å²) in [6, 6.07) is 1.38. The van der Waals surface area contributed by atoms with E-state index in [0.29, 0.717) is 23.1 Å². The van der Waals surface area contributed by atoms with Crippen LogP contribution in [0, 0.1) is 0 Å². The molecule has 2 bridgehead atoms. The van der Waals surface area contributed by atoms with Gasteiger partial charge < -0.3 is 14.7 Å². The minimum absolute atomic E-state index is 0.00583. The summed E-state index contributed by atoms with van der Waals surface area (Å²) in [4.78, 5) is 2.44. The van der Waals surface area contributed by atoms with Crippen LogP contribution in [0.15, 0.2) is 0 Å². The SMILES string of the molecule is CCOC(=S)S.CN1C2CCC1CC(O)C2. The number of aliphatic hydroxyl groups excluding tert-OH is 1. The van der Waals surface area contributed by atoms with E-state index >= 15 is 0 Å². The molecule has 16 heavy (non-hydrogen) atoms. The zero-order chi connectivity index (χ0) is 12.1. The molecule has 0 aromatic carbocycles. The molecule has 5 heteroatoms. The summed E-state index contributed by atoms with van der Waals surface area (Å²) in [6.45, 7) is 2.48. The lowest BCUT2D eigenvalue weighted by molar-refractivity contribution is 0.0503. The van der Waals surface area contributed by atoms with Crippen molar-refractivity contribution in [2.75, 3.05) is 13.7 Å². The van der Waals surface area contributed by atoms with Crippen LogP contribution in [0.25, 0.3) is 0 Å². The highest BCUT2D eigenvalue weighted by atomic mass is 32.1. The summed E-state index contributed by atoms with van der Waals surface area (Å²) in [5, 5.41) is 9.38. The zero-order valence-electron chi connectivity index (χ0n) is 9.93. The van der Waals surface area contributed by atoms with Crippen molar-refractivity contribution in [3.8, 4) is 0 Å². The summed E-state index contributed by atoms with van der Waals surface area (Å²) in [5.74, 6) is 0. The van der Waals surface area contributed by atoms with E-state index < -0.39 is 0 Å². The normalized spacial score (nSPS) is 32.9. The lowest BCUT2D eigenvalue weighted by atomic mass is 10.0. The maximum atomic E-state index is 9.38. The first-order chi connectivity index (χ1) is 7.54. The second-order valence-electron chi connectivity index (χ2n) is 4.37. The van der Waals surface area contributed by atoms with Gasteiger partial charge in [-0.25, -0.2) is 0 Å². The van der Waals surface area contributed by atoms with Crippen molar-refractivity contribution in [2.45, 2.75) is 50.8 Å². The fourth-order valence-corrected chi connectivity index (χ4v) is 2.75. The van der Waals surface area contributed by atoms with E-state index in [1.54, 1.807) is 0 Å². The number of hydrogen-bond donors (Lipinski definition) is 2. The Hall–Kier alpha value is 0.160. The Morgan fingerprint density at radius 2 is 1.94 bits per heavy atom. The summed E-state index contributed by atoms with van der Waals surface area (Å²) in [6.07, 6.45) is 4.62. The quantitative estimate of drug-likeness (QED) is 0.559. The van der Waals surface area contributed by atoms with Gasteiger partial charge in [-0.05, 0) is 51.9 Å². The number of thiol groups is 1. The van der Waals surface area contributed by atoms with Gasteiger partial charge in [0.25, 0.3) is 0 Å². The molecule has 2 aliphatic heterocycles. The van der Waals surface area contributed by atoms with E-state index in [2.05, 4.69) is 41.5 Å². The van der Waals surface area contributed by atoms with Gasteiger partial charge in [-0.2, -0.15) is 0 Å². The second-order valence-corrected chi connectivity index (χ2v) is 5.45. The molecule has 2 rings (SSSR count). The molecule has 0 amide bonds. The molecule has 2 heterocycles. The molecule has 0 spiro atoms. The van der Waals surface area contributed by atoms with Crippen molar-refractivity contribution in [1.82, 2.24) is 4.90 Å². The van der Waals surface area contributed by atoms with Crippen LogP contribution in [0.4, 0.5) is 0 Å². The standard InChI is InChI=1S/C8H15NO.C3H6OS2/c1-9-6-2-3-7(9)5-8(10)4-6;1-2-4-3(5)6/h6-8,10H,2-5H2,1H3;2H2,1H3,(H,5,6). The molecule has 0 aromatic rings. The van der Waals surface area contributed by atoms with E-state index in [4.69, 9.17) is 0 Å². The van der Waals surface area contributed by atoms with Gasteiger partial charge in [-0.1, -0.05) is 12.6 Å². The van der Waals surface area contributed by atoms with E-state index in [0.717, 1.165) is 12.8 Å². The Labute approximate surface area is 109 Å². The fraction of sp³-hybridized carbons (Fsp3) is 0.909. The molecule has 0 radical (unpaired) electrons. The summed E-state index contributed by atoms with van der Waals surface area (Å²) >= 11 is 8.12. The Morgan fingerprint density at radius 3 is 2.25 bits per heavy atom. The smallest absolute Gasteiger partial charge is 0.216 e. The molecule has 0 saturated carbocycles. The van der Waals surface area contributed by atoms with E-state index in [1.165, 1.54) is 12.8 Å². The summed E-state index contributed by atoms with van der Waals surface area (Å²) in [7, 11) is 2.19. The maximum Gasteiger partial charge on any atom is 0.216 e. The average molecular weight is 263 g/mol. The third-order valence-electron chi connectivity index (χ3n) is 3.34. The molecule has 1 N–H and O–H groups in total. The number of ether oxygens (including phenoxy) is 1. The molecule has 0 aliphatic carbocycles. The molecule has 2 unspecified atom stereocenters. The van der Waals surface area contributed by atoms with Crippen LogP contribution in [0.3, 0.4) is 0 Å². The molecule has 2 aliphatic rings. The molecule has 0 aromatic heterocycles. The Kier molecular flexibility index (Phi) is 6.03. The molecule has 2 fully saturated rings. The Morgan fingerprint density at radius 1 is 1.44 bits per heavy atom. The lowest BCUT2D eigenvalue weighted by Gasteiger charge is -2.33. The Bertz CT molecular complexity index is 224. The number of fused-ring (bicyclic) bond motifs is 2. The highest BCUT2D eigenvalue weighted by Gasteiger charge is 2.37. The predicted molar refractivity (Wildman–Crippen MR) is 73.0 cm³/mol. The van der Waals surface area contributed by atoms with E-state index in [9.17, 15) is 5.11 Å². The first-order valence-corrected chi connectivity index (χ1v) is 6.65. The first kappa shape index (κ1) is 14.2. The van der Waals surface area contributed by atoms with Gasteiger partial charge in [0.2, 0.25) is 4.38 Å². The number of thiocarbonyl (C=S) groups is 1. The maximum absolute atomic E-state index is 9.38. The molecular formula is C11H21NO2S2. The zero-order valence-corrected chi connectivity index (χ0v) is 11.6. The molecule has 94 valence electrons. The third-order valence-corrected chi connectivity index (χ3v) is 3.59. The van der Waals surface area contributed by atoms with Crippen LogP contribution >= 0.6 is 24.8 Å². The first-order valence-electron chi connectivity index (χ1n) is 5.80. The van der Waals surface area contributed by atoms with Crippen LogP contribution < -0.4 is 0 Å². The van der Waals surface area contributed by atoms with Crippen LogP contribution in [-0.4, -0.2) is 46.2 Å². The fourth-order valence-electron chi connectivity index (χ4n) is 2.51. The third kappa shape index (κ3) is 4.20. The molecule has 3 nitrogen and oxygen atoms in total. The number of rotatable bonds is 1. The van der Waals surface area contributed by atoms with Crippen molar-refractivity contribution in [3.63, 3.8) is 0 Å². The minimum Gasteiger partial charge on any atom is -0.479 e. The summed E-state index contributed by atoms with van der Waals surface area (Å²) in [5.41, 5.74) is 0. The van der Waals surface area contributed by atoms with Crippen molar-refractivity contribution in [1.29, 1.82) is 0 Å². The van der Waals surface area contributed by atoms with Crippen LogP contribution in [0.5, 0.6) is 0 Å². The van der Waals surface area contributed by atoms with E-state index in [1.807, 2.05) is 6.92 Å². The topological polar surface area (TPSA) is 32.7 Å². The summed E-state index contributed by atoms with van der Waals surface area (Å²) < 4.78 is 4.95. The highest BCUT2D eigenvalue weighted by molar-refractivity contribution is 8.10. The molecular weight excluding hydrogens is 242 g/mol. The monoisotopic (exact) mass is 263 g/mol. The van der Waals surface area contributed by atoms with Gasteiger partial charge in [0.05, 0.1) is 12.7 Å². The van der Waals surface area contributed by atoms with Gasteiger partial charge in [0.1, 0.15) is 0 Å². The van der Waals surface area contributed by atoms with Crippen LogP contribution in [0.2, 0.25) is 0 Å². The van der Waals surface area contributed by atoms with Crippen molar-refractivity contribution >= 4 is 29.2 Å². The number of piperidine rings is 1. The predicted octanol–water partition coefficient (Wildman–Crippen LogP) is 1.84. The van der Waals surface area contributed by atoms with Gasteiger partial charge in [0.15, 0.2) is 0 Å². The van der Waals surface area contributed by atoms with Gasteiger partial charge in [-0.15, -0.1) is 0 Å². The lowest BCUT2D eigenvalue weighted by Crippen LogP contribution is -2.41. The molecule has 2 atom stereocenters. The van der Waals surface area contributed by atoms with Gasteiger partial charge >= 0.3 is 0 Å².